The molecule has 0 fully saturated rings. The van der Waals surface area contributed by atoms with Gasteiger partial charge in [-0.15, -0.1) is 0 Å². The fourth-order valence-electron chi connectivity index (χ4n) is 1.82. The second-order valence-corrected chi connectivity index (χ2v) is 4.36. The highest BCUT2D eigenvalue weighted by atomic mass is 16.2. The molecule has 0 spiro atoms. The number of aryl methyl sites for hydroxylation is 1. The van der Waals surface area contributed by atoms with Crippen molar-refractivity contribution in [1.82, 2.24) is 20.0 Å². The van der Waals surface area contributed by atoms with Crippen LogP contribution in [0.2, 0.25) is 0 Å². The van der Waals surface area contributed by atoms with Gasteiger partial charge in [0.2, 0.25) is 0 Å². The van der Waals surface area contributed by atoms with E-state index in [0.29, 0.717) is 11.5 Å². The summed E-state index contributed by atoms with van der Waals surface area (Å²) in [6, 6.07) is 11.3. The van der Waals surface area contributed by atoms with Crippen LogP contribution in [-0.4, -0.2) is 25.9 Å². The first-order valence-electron chi connectivity index (χ1n) is 6.16. The fraction of sp³-hybridized carbons (Fsp3) is 0.0714. The quantitative estimate of drug-likeness (QED) is 0.763. The zero-order valence-electron chi connectivity index (χ0n) is 10.9. The lowest BCUT2D eigenvalue weighted by molar-refractivity contribution is 0.102. The van der Waals surface area contributed by atoms with Crippen LogP contribution in [0.4, 0.5) is 5.82 Å². The molecule has 0 bridgehead atoms. The normalized spacial score (nSPS) is 10.4. The lowest BCUT2D eigenvalue weighted by atomic mass is 10.3. The van der Waals surface area contributed by atoms with E-state index < -0.39 is 0 Å². The van der Waals surface area contributed by atoms with Crippen LogP contribution in [0.5, 0.6) is 0 Å². The molecular formula is C14H13N5O. The molecule has 0 saturated carbocycles. The van der Waals surface area contributed by atoms with Crippen LogP contribution < -0.4 is 5.32 Å². The molecular weight excluding hydrogens is 254 g/mol. The molecule has 0 saturated heterocycles. The fourth-order valence-corrected chi connectivity index (χ4v) is 1.82. The highest BCUT2D eigenvalue weighted by Crippen LogP contribution is 2.11. The molecule has 20 heavy (non-hydrogen) atoms. The van der Waals surface area contributed by atoms with Crippen molar-refractivity contribution in [3.8, 4) is 5.69 Å². The number of rotatable bonds is 3. The van der Waals surface area contributed by atoms with Crippen LogP contribution in [0.1, 0.15) is 16.1 Å². The first-order chi connectivity index (χ1) is 9.74. The number of para-hydroxylation sites is 1. The second-order valence-electron chi connectivity index (χ2n) is 4.36. The number of hydrogen-bond donors (Lipinski definition) is 2. The average Bonchev–Trinajstić information content (AvgIpc) is 3.10. The van der Waals surface area contributed by atoms with E-state index in [4.69, 9.17) is 0 Å². The lowest BCUT2D eigenvalue weighted by Crippen LogP contribution is -2.14. The molecule has 0 radical (unpaired) electrons. The number of nitrogens with zero attached hydrogens (tertiary/aromatic N) is 3. The van der Waals surface area contributed by atoms with Crippen LogP contribution in [0.3, 0.4) is 0 Å². The number of anilines is 1. The van der Waals surface area contributed by atoms with Crippen molar-refractivity contribution >= 4 is 11.7 Å². The number of aromatic amines is 1. The number of amides is 1. The van der Waals surface area contributed by atoms with Gasteiger partial charge < -0.3 is 5.32 Å². The van der Waals surface area contributed by atoms with Crippen LogP contribution in [0, 0.1) is 6.92 Å². The van der Waals surface area contributed by atoms with Gasteiger partial charge >= 0.3 is 0 Å². The van der Waals surface area contributed by atoms with Crippen molar-refractivity contribution in [2.24, 2.45) is 0 Å². The van der Waals surface area contributed by atoms with Crippen molar-refractivity contribution < 1.29 is 4.79 Å². The molecule has 3 rings (SSSR count). The summed E-state index contributed by atoms with van der Waals surface area (Å²) in [7, 11) is 0. The molecule has 2 aromatic heterocycles. The Kier molecular flexibility index (Phi) is 3.04. The molecule has 0 aliphatic carbocycles. The zero-order chi connectivity index (χ0) is 13.9. The third-order valence-electron chi connectivity index (χ3n) is 2.91. The van der Waals surface area contributed by atoms with Crippen LogP contribution >= 0.6 is 0 Å². The van der Waals surface area contributed by atoms with Crippen molar-refractivity contribution in [2.45, 2.75) is 6.92 Å². The monoisotopic (exact) mass is 267 g/mol. The molecule has 1 amide bonds. The number of benzene rings is 1. The molecule has 0 aliphatic rings. The number of carbonyl (C=O) groups is 1. The smallest absolute Gasteiger partial charge is 0.277 e. The van der Waals surface area contributed by atoms with Crippen molar-refractivity contribution in [1.29, 1.82) is 0 Å². The summed E-state index contributed by atoms with van der Waals surface area (Å²) in [6.07, 6.45) is 3.41. The number of H-pyrrole nitrogens is 1. The van der Waals surface area contributed by atoms with E-state index in [-0.39, 0.29) is 5.91 Å². The summed E-state index contributed by atoms with van der Waals surface area (Å²) < 4.78 is 1.66. The molecule has 3 aromatic rings. The molecule has 6 nitrogen and oxygen atoms in total. The summed E-state index contributed by atoms with van der Waals surface area (Å²) in [5.74, 6) is 0.316. The van der Waals surface area contributed by atoms with Crippen molar-refractivity contribution in [3.05, 3.63) is 60.0 Å². The minimum absolute atomic E-state index is 0.271. The summed E-state index contributed by atoms with van der Waals surface area (Å²) in [5, 5.41) is 13.6. The standard InChI is InChI=1S/C14H13N5O/c1-10-9-15-17-13(10)16-14(20)12-7-8-19(18-12)11-5-3-2-4-6-11/h2-9H,1H3,(H2,15,16,17,20). The zero-order valence-corrected chi connectivity index (χ0v) is 10.9. The van der Waals surface area contributed by atoms with Crippen LogP contribution in [-0.2, 0) is 0 Å². The summed E-state index contributed by atoms with van der Waals surface area (Å²) >= 11 is 0. The Hall–Kier alpha value is -2.89. The minimum Gasteiger partial charge on any atom is -0.305 e. The highest BCUT2D eigenvalue weighted by molar-refractivity contribution is 6.02. The SMILES string of the molecule is Cc1cn[nH]c1NC(=O)c1ccn(-c2ccccc2)n1. The van der Waals surface area contributed by atoms with E-state index >= 15 is 0 Å². The Balaban J connectivity index is 1.80. The molecule has 6 heteroatoms. The van der Waals surface area contributed by atoms with Gasteiger partial charge in [0.05, 0.1) is 11.9 Å². The maximum absolute atomic E-state index is 12.1. The highest BCUT2D eigenvalue weighted by Gasteiger charge is 2.12. The summed E-state index contributed by atoms with van der Waals surface area (Å²) in [6.45, 7) is 1.86. The van der Waals surface area contributed by atoms with Crippen LogP contribution in [0.15, 0.2) is 48.8 Å². The Morgan fingerprint density at radius 3 is 2.75 bits per heavy atom. The first-order valence-corrected chi connectivity index (χ1v) is 6.16. The predicted molar refractivity (Wildman–Crippen MR) is 74.8 cm³/mol. The van der Waals surface area contributed by atoms with Gasteiger partial charge in [0, 0.05) is 11.8 Å². The Bertz CT molecular complexity index is 729. The molecule has 0 atom stereocenters. The van der Waals surface area contributed by atoms with E-state index in [9.17, 15) is 4.79 Å². The largest absolute Gasteiger partial charge is 0.305 e. The maximum Gasteiger partial charge on any atom is 0.277 e. The van der Waals surface area contributed by atoms with E-state index in [1.54, 1.807) is 23.1 Å². The van der Waals surface area contributed by atoms with Crippen LogP contribution in [0.25, 0.3) is 5.69 Å². The molecule has 2 heterocycles. The molecule has 2 N–H and O–H groups in total. The van der Waals surface area contributed by atoms with Crippen molar-refractivity contribution in [3.63, 3.8) is 0 Å². The number of aromatic nitrogens is 4. The number of hydrogen-bond acceptors (Lipinski definition) is 3. The third kappa shape index (κ3) is 2.31. The van der Waals surface area contributed by atoms with E-state index in [2.05, 4.69) is 20.6 Å². The Morgan fingerprint density at radius 1 is 1.25 bits per heavy atom. The van der Waals surface area contributed by atoms with Gasteiger partial charge in [0.1, 0.15) is 5.82 Å². The molecule has 1 aromatic carbocycles. The lowest BCUT2D eigenvalue weighted by Gasteiger charge is -2.01. The minimum atomic E-state index is -0.271. The van der Waals surface area contributed by atoms with Gasteiger partial charge in [-0.3, -0.25) is 9.89 Å². The topological polar surface area (TPSA) is 75.6 Å². The maximum atomic E-state index is 12.1. The second kappa shape index (κ2) is 5.00. The molecule has 100 valence electrons. The van der Waals surface area contributed by atoms with Gasteiger partial charge in [-0.1, -0.05) is 18.2 Å². The van der Waals surface area contributed by atoms with Gasteiger partial charge in [0.15, 0.2) is 5.69 Å². The third-order valence-corrected chi connectivity index (χ3v) is 2.91. The number of carbonyl (C=O) groups excluding carboxylic acids is 1. The Morgan fingerprint density at radius 2 is 2.05 bits per heavy atom. The van der Waals surface area contributed by atoms with Gasteiger partial charge in [-0.2, -0.15) is 10.2 Å². The van der Waals surface area contributed by atoms with E-state index in [1.807, 2.05) is 37.3 Å². The summed E-state index contributed by atoms with van der Waals surface area (Å²) in [5.41, 5.74) is 2.13. The Labute approximate surface area is 115 Å². The predicted octanol–water partition coefficient (Wildman–Crippen LogP) is 2.16. The molecule has 0 unspecified atom stereocenters. The van der Waals surface area contributed by atoms with Gasteiger partial charge in [0.25, 0.3) is 5.91 Å². The number of nitrogens with one attached hydrogen (secondary N) is 2. The van der Waals surface area contributed by atoms with Gasteiger partial charge in [-0.25, -0.2) is 4.68 Å². The van der Waals surface area contributed by atoms with E-state index in [1.165, 1.54) is 0 Å². The average molecular weight is 267 g/mol. The van der Waals surface area contributed by atoms with Gasteiger partial charge in [-0.05, 0) is 25.1 Å². The van der Waals surface area contributed by atoms with Crippen molar-refractivity contribution in [2.75, 3.05) is 5.32 Å². The molecule has 0 aliphatic heterocycles. The van der Waals surface area contributed by atoms with E-state index in [0.717, 1.165) is 11.3 Å². The first kappa shape index (κ1) is 12.2. The summed E-state index contributed by atoms with van der Waals surface area (Å²) in [4.78, 5) is 12.1.